The summed E-state index contributed by atoms with van der Waals surface area (Å²) < 4.78 is 6.78. The van der Waals surface area contributed by atoms with Crippen LogP contribution < -0.4 is 15.9 Å². The second-order valence-corrected chi connectivity index (χ2v) is 6.31. The third-order valence-corrected chi connectivity index (χ3v) is 4.65. The molecule has 1 aromatic carbocycles. The predicted octanol–water partition coefficient (Wildman–Crippen LogP) is 1.98. The van der Waals surface area contributed by atoms with E-state index in [1.807, 2.05) is 24.3 Å². The van der Waals surface area contributed by atoms with Gasteiger partial charge in [-0.3, -0.25) is 14.4 Å². The van der Waals surface area contributed by atoms with Gasteiger partial charge in [0.1, 0.15) is 5.75 Å². The number of benzene rings is 1. The van der Waals surface area contributed by atoms with Crippen molar-refractivity contribution in [2.75, 3.05) is 0 Å². The number of aromatic nitrogens is 2. The van der Waals surface area contributed by atoms with Crippen molar-refractivity contribution < 1.29 is 9.53 Å². The van der Waals surface area contributed by atoms with Crippen molar-refractivity contribution in [3.63, 3.8) is 0 Å². The Morgan fingerprint density at radius 3 is 2.72 bits per heavy atom. The van der Waals surface area contributed by atoms with Gasteiger partial charge < -0.3 is 14.3 Å². The highest BCUT2D eigenvalue weighted by Gasteiger charge is 2.33. The Hall–Kier alpha value is -3.15. The molecule has 1 aliphatic rings. The number of hydrogen-bond acceptors (Lipinski definition) is 4. The molecule has 6 heteroatoms. The monoisotopic (exact) mass is 336 g/mol. The van der Waals surface area contributed by atoms with Crippen molar-refractivity contribution in [3.05, 3.63) is 73.9 Å². The summed E-state index contributed by atoms with van der Waals surface area (Å²) in [5, 5.41) is 0.878. The van der Waals surface area contributed by atoms with Gasteiger partial charge in [-0.05, 0) is 24.4 Å². The van der Waals surface area contributed by atoms with E-state index in [0.29, 0.717) is 16.8 Å². The van der Waals surface area contributed by atoms with Gasteiger partial charge in [0, 0.05) is 30.3 Å². The summed E-state index contributed by atoms with van der Waals surface area (Å²) in [6.07, 6.45) is -0.0350. The van der Waals surface area contributed by atoms with Gasteiger partial charge in [0.25, 0.3) is 11.1 Å². The largest absolute Gasteiger partial charge is 0.426 e. The van der Waals surface area contributed by atoms with Crippen LogP contribution in [0.3, 0.4) is 0 Å². The molecular formula is C19H16N2O4. The van der Waals surface area contributed by atoms with Gasteiger partial charge in [-0.1, -0.05) is 18.2 Å². The van der Waals surface area contributed by atoms with Crippen LogP contribution in [-0.4, -0.2) is 15.5 Å². The van der Waals surface area contributed by atoms with E-state index in [9.17, 15) is 14.4 Å². The quantitative estimate of drug-likeness (QED) is 0.689. The first kappa shape index (κ1) is 15.4. The molecule has 25 heavy (non-hydrogen) atoms. The number of hydrogen-bond donors (Lipinski definition) is 1. The van der Waals surface area contributed by atoms with Crippen LogP contribution in [0.5, 0.6) is 5.75 Å². The van der Waals surface area contributed by atoms with Crippen molar-refractivity contribution in [3.8, 4) is 5.75 Å². The van der Waals surface area contributed by atoms with Gasteiger partial charge in [0.2, 0.25) is 0 Å². The lowest BCUT2D eigenvalue weighted by atomic mass is 9.87. The Kier molecular flexibility index (Phi) is 3.35. The average molecular weight is 336 g/mol. The Bertz CT molecular complexity index is 1140. The molecule has 2 aromatic heterocycles. The number of para-hydroxylation sites is 1. The van der Waals surface area contributed by atoms with Crippen LogP contribution in [0.4, 0.5) is 0 Å². The maximum atomic E-state index is 12.9. The van der Waals surface area contributed by atoms with E-state index in [1.54, 1.807) is 30.7 Å². The normalized spacial score (nSPS) is 16.6. The van der Waals surface area contributed by atoms with Gasteiger partial charge >= 0.3 is 5.97 Å². The molecule has 0 spiro atoms. The summed E-state index contributed by atoms with van der Waals surface area (Å²) in [5.41, 5.74) is 1.61. The molecule has 1 unspecified atom stereocenters. The smallest absolute Gasteiger partial charge is 0.312 e. The molecule has 0 bridgehead atoms. The lowest BCUT2D eigenvalue weighted by Gasteiger charge is -2.24. The number of nitrogens with zero attached hydrogens (tertiary/aromatic N) is 1. The zero-order valence-corrected chi connectivity index (χ0v) is 13.8. The van der Waals surface area contributed by atoms with Gasteiger partial charge in [-0.2, -0.15) is 0 Å². The highest BCUT2D eigenvalue weighted by Crippen LogP contribution is 2.36. The molecule has 1 aliphatic heterocycles. The fourth-order valence-corrected chi connectivity index (χ4v) is 3.48. The van der Waals surface area contributed by atoms with Crippen molar-refractivity contribution in [2.24, 2.45) is 7.05 Å². The van der Waals surface area contributed by atoms with E-state index in [1.165, 1.54) is 0 Å². The molecule has 6 nitrogen and oxygen atoms in total. The predicted molar refractivity (Wildman–Crippen MR) is 93.1 cm³/mol. The Morgan fingerprint density at radius 2 is 1.92 bits per heavy atom. The molecule has 0 aliphatic carbocycles. The summed E-state index contributed by atoms with van der Waals surface area (Å²) in [6.45, 7) is 1.72. The summed E-state index contributed by atoms with van der Waals surface area (Å²) in [4.78, 5) is 40.1. The number of ether oxygens (including phenoxy) is 1. The minimum absolute atomic E-state index is 0.0350. The maximum Gasteiger partial charge on any atom is 0.312 e. The Morgan fingerprint density at radius 1 is 1.16 bits per heavy atom. The summed E-state index contributed by atoms with van der Waals surface area (Å²) in [7, 11) is 1.69. The second-order valence-electron chi connectivity index (χ2n) is 6.31. The third-order valence-electron chi connectivity index (χ3n) is 4.65. The standard InChI is InChI=1S/C19H16N2O4/c1-10-7-15-17(18(23)20-10)12(9-16(22)25-15)13-8-11-5-3-4-6-14(11)21(2)19(13)24/h3-8,12H,9H2,1-2H3,(H,20,23). The highest BCUT2D eigenvalue weighted by atomic mass is 16.5. The van der Waals surface area contributed by atoms with Crippen LogP contribution in [0.15, 0.2) is 46.0 Å². The van der Waals surface area contributed by atoms with Crippen molar-refractivity contribution in [1.29, 1.82) is 0 Å². The molecule has 1 atom stereocenters. The number of fused-ring (bicyclic) bond motifs is 2. The van der Waals surface area contributed by atoms with Crippen LogP contribution in [0, 0.1) is 6.92 Å². The highest BCUT2D eigenvalue weighted by molar-refractivity contribution is 5.81. The zero-order valence-electron chi connectivity index (χ0n) is 13.8. The number of H-pyrrole nitrogens is 1. The first-order chi connectivity index (χ1) is 12.0. The summed E-state index contributed by atoms with van der Waals surface area (Å²) in [5.74, 6) is -0.834. The van der Waals surface area contributed by atoms with Crippen LogP contribution in [-0.2, 0) is 11.8 Å². The van der Waals surface area contributed by atoms with E-state index < -0.39 is 11.9 Å². The number of rotatable bonds is 1. The molecule has 0 fully saturated rings. The molecule has 0 saturated carbocycles. The molecule has 3 aromatic rings. The first-order valence-corrected chi connectivity index (χ1v) is 7.99. The van der Waals surface area contributed by atoms with Crippen LogP contribution >= 0.6 is 0 Å². The molecule has 4 rings (SSSR count). The van der Waals surface area contributed by atoms with Crippen molar-refractivity contribution >= 4 is 16.9 Å². The minimum atomic E-state index is -0.621. The van der Waals surface area contributed by atoms with E-state index in [0.717, 1.165) is 10.9 Å². The maximum absolute atomic E-state index is 12.9. The SMILES string of the molecule is Cc1cc2c(c(=O)[nH]1)C(c1cc3ccccc3n(C)c1=O)CC(=O)O2. The number of carbonyl (C=O) groups excluding carboxylic acids is 1. The fraction of sp³-hybridized carbons (Fsp3) is 0.211. The van der Waals surface area contributed by atoms with Gasteiger partial charge in [-0.25, -0.2) is 0 Å². The molecule has 3 heterocycles. The molecular weight excluding hydrogens is 320 g/mol. The average Bonchev–Trinajstić information content (AvgIpc) is 2.56. The number of aromatic amines is 1. The van der Waals surface area contributed by atoms with E-state index >= 15 is 0 Å². The van der Waals surface area contributed by atoms with E-state index in [-0.39, 0.29) is 23.3 Å². The van der Waals surface area contributed by atoms with Gasteiger partial charge in [0.05, 0.1) is 17.5 Å². The number of pyridine rings is 2. The number of aryl methyl sites for hydroxylation is 2. The summed E-state index contributed by atoms with van der Waals surface area (Å²) in [6, 6.07) is 10.9. The lowest BCUT2D eigenvalue weighted by Crippen LogP contribution is -2.32. The van der Waals surface area contributed by atoms with Crippen molar-refractivity contribution in [2.45, 2.75) is 19.3 Å². The fourth-order valence-electron chi connectivity index (χ4n) is 3.48. The van der Waals surface area contributed by atoms with Crippen molar-refractivity contribution in [1.82, 2.24) is 9.55 Å². The van der Waals surface area contributed by atoms with Crippen LogP contribution in [0.2, 0.25) is 0 Å². The molecule has 126 valence electrons. The number of carbonyl (C=O) groups is 1. The molecule has 1 N–H and O–H groups in total. The first-order valence-electron chi connectivity index (χ1n) is 7.99. The lowest BCUT2D eigenvalue weighted by molar-refractivity contribution is -0.135. The van der Waals surface area contributed by atoms with E-state index in [4.69, 9.17) is 4.74 Å². The topological polar surface area (TPSA) is 81.2 Å². The molecule has 0 radical (unpaired) electrons. The van der Waals surface area contributed by atoms with E-state index in [2.05, 4.69) is 4.98 Å². The number of nitrogens with one attached hydrogen (secondary N) is 1. The Labute approximate surface area is 142 Å². The second kappa shape index (κ2) is 5.44. The number of esters is 1. The summed E-state index contributed by atoms with van der Waals surface area (Å²) >= 11 is 0. The zero-order chi connectivity index (χ0) is 17.7. The van der Waals surface area contributed by atoms with Gasteiger partial charge in [0.15, 0.2) is 0 Å². The molecule has 0 amide bonds. The minimum Gasteiger partial charge on any atom is -0.426 e. The van der Waals surface area contributed by atoms with Crippen LogP contribution in [0.1, 0.15) is 29.2 Å². The Balaban J connectivity index is 2.02. The molecule has 0 saturated heterocycles. The van der Waals surface area contributed by atoms with Crippen LogP contribution in [0.25, 0.3) is 10.9 Å². The third kappa shape index (κ3) is 2.38. The van der Waals surface area contributed by atoms with Gasteiger partial charge in [-0.15, -0.1) is 0 Å².